The summed E-state index contributed by atoms with van der Waals surface area (Å²) in [6.45, 7) is 0. The lowest BCUT2D eigenvalue weighted by molar-refractivity contribution is 0.673. The van der Waals surface area contributed by atoms with E-state index in [0.717, 1.165) is 76.3 Å². The first kappa shape index (κ1) is 29.5. The van der Waals surface area contributed by atoms with E-state index in [9.17, 15) is 0 Å². The average Bonchev–Trinajstić information content (AvgIpc) is 3.60. The van der Waals surface area contributed by atoms with Crippen LogP contribution in [0.1, 0.15) is 0 Å². The quantitative estimate of drug-likeness (QED) is 0.174. The molecule has 4 heteroatoms. The van der Waals surface area contributed by atoms with Gasteiger partial charge < -0.3 is 4.42 Å². The van der Waals surface area contributed by atoms with Crippen molar-refractivity contribution in [3.05, 3.63) is 176 Å². The summed E-state index contributed by atoms with van der Waals surface area (Å²) in [5.41, 5.74) is 6.82. The molecule has 246 valence electrons. The minimum Gasteiger partial charge on any atom is -0.455 e. The molecule has 2 aromatic heterocycles. The van der Waals surface area contributed by atoms with Crippen LogP contribution in [-0.4, -0.2) is 15.0 Å². The molecule has 9 aromatic carbocycles. The normalized spacial score (nSPS) is 11.8. The fourth-order valence-electron chi connectivity index (χ4n) is 7.83. The van der Waals surface area contributed by atoms with Crippen molar-refractivity contribution in [2.24, 2.45) is 0 Å². The summed E-state index contributed by atoms with van der Waals surface area (Å²) < 4.78 is 6.89. The fraction of sp³-hybridized carbons (Fsp3) is 0. The second-order valence-electron chi connectivity index (χ2n) is 13.6. The first-order valence-electron chi connectivity index (χ1n) is 17.8. The van der Waals surface area contributed by atoms with Crippen molar-refractivity contribution >= 4 is 65.0 Å². The van der Waals surface area contributed by atoms with E-state index in [1.165, 1.54) is 16.5 Å². The minimum absolute atomic E-state index is 0.601. The van der Waals surface area contributed by atoms with Crippen LogP contribution in [-0.2, 0) is 0 Å². The number of nitrogens with zero attached hydrogens (tertiary/aromatic N) is 3. The molecule has 0 spiro atoms. The van der Waals surface area contributed by atoms with Crippen LogP contribution in [0.4, 0.5) is 0 Å². The van der Waals surface area contributed by atoms with Gasteiger partial charge in [-0.25, -0.2) is 15.0 Å². The molecule has 0 atom stereocenters. The van der Waals surface area contributed by atoms with Gasteiger partial charge in [-0.15, -0.1) is 0 Å². The highest BCUT2D eigenvalue weighted by atomic mass is 16.3. The molecule has 4 nitrogen and oxygen atoms in total. The van der Waals surface area contributed by atoms with Crippen LogP contribution >= 0.6 is 0 Å². The summed E-state index contributed by atoms with van der Waals surface area (Å²) in [6.07, 6.45) is 0. The van der Waals surface area contributed by atoms with Crippen LogP contribution in [0, 0.1) is 0 Å². The van der Waals surface area contributed by atoms with Crippen LogP contribution in [0.2, 0.25) is 0 Å². The smallest absolute Gasteiger partial charge is 0.164 e. The van der Waals surface area contributed by atoms with Crippen molar-refractivity contribution in [3.63, 3.8) is 0 Å². The maximum atomic E-state index is 6.89. The molecule has 0 saturated carbocycles. The Labute approximate surface area is 304 Å². The largest absolute Gasteiger partial charge is 0.455 e. The van der Waals surface area contributed by atoms with Gasteiger partial charge in [0.1, 0.15) is 11.2 Å². The summed E-state index contributed by atoms with van der Waals surface area (Å²) in [4.78, 5) is 15.6. The standard InChI is InChI=1S/C49H29N3O/c1-3-11-30(12-4-1)35-20-21-37-26-39(24-22-36(37)25-35)48-50-47(32-14-5-2-6-15-32)51-49(52-48)42-28-38-23-19-31-13-9-10-18-40(31)44(38)46-45(42)41-27-33-16-7-8-17-34(33)29-43(41)53-46/h1-29H. The first-order chi connectivity index (χ1) is 26.2. The van der Waals surface area contributed by atoms with Crippen molar-refractivity contribution in [2.75, 3.05) is 0 Å². The van der Waals surface area contributed by atoms with Gasteiger partial charge in [0.2, 0.25) is 0 Å². The highest BCUT2D eigenvalue weighted by Gasteiger charge is 2.22. The Morgan fingerprint density at radius 3 is 1.64 bits per heavy atom. The summed E-state index contributed by atoms with van der Waals surface area (Å²) >= 11 is 0. The van der Waals surface area contributed by atoms with Crippen LogP contribution in [0.3, 0.4) is 0 Å². The zero-order valence-corrected chi connectivity index (χ0v) is 28.5. The molecule has 0 radical (unpaired) electrons. The first-order valence-corrected chi connectivity index (χ1v) is 17.8. The van der Waals surface area contributed by atoms with E-state index in [4.69, 9.17) is 19.4 Å². The number of benzene rings is 9. The van der Waals surface area contributed by atoms with E-state index in [-0.39, 0.29) is 0 Å². The minimum atomic E-state index is 0.601. The second kappa shape index (κ2) is 11.7. The molecule has 0 aliphatic rings. The molecule has 11 aromatic rings. The molecule has 0 fully saturated rings. The molecule has 0 bridgehead atoms. The molecule has 0 amide bonds. The molecule has 53 heavy (non-hydrogen) atoms. The molecule has 0 aliphatic heterocycles. The summed E-state index contributed by atoms with van der Waals surface area (Å²) in [6, 6.07) is 61.6. The lowest BCUT2D eigenvalue weighted by Gasteiger charge is -2.12. The van der Waals surface area contributed by atoms with Crippen molar-refractivity contribution in [3.8, 4) is 45.3 Å². The van der Waals surface area contributed by atoms with Gasteiger partial charge in [-0.2, -0.15) is 0 Å². The molecule has 0 saturated heterocycles. The monoisotopic (exact) mass is 675 g/mol. The summed E-state index contributed by atoms with van der Waals surface area (Å²) in [5, 5.41) is 11.1. The Morgan fingerprint density at radius 1 is 0.321 bits per heavy atom. The zero-order valence-electron chi connectivity index (χ0n) is 28.5. The second-order valence-corrected chi connectivity index (χ2v) is 13.6. The van der Waals surface area contributed by atoms with E-state index in [2.05, 4.69) is 152 Å². The lowest BCUT2D eigenvalue weighted by atomic mass is 9.95. The third-order valence-electron chi connectivity index (χ3n) is 10.4. The Kier molecular flexibility index (Phi) is 6.52. The van der Waals surface area contributed by atoms with Crippen LogP contribution in [0.15, 0.2) is 180 Å². The van der Waals surface area contributed by atoms with Gasteiger partial charge >= 0.3 is 0 Å². The summed E-state index contributed by atoms with van der Waals surface area (Å²) in [5.74, 6) is 1.84. The number of rotatable bonds is 4. The van der Waals surface area contributed by atoms with Gasteiger partial charge in [-0.1, -0.05) is 146 Å². The van der Waals surface area contributed by atoms with E-state index < -0.39 is 0 Å². The Hall–Kier alpha value is -7.17. The molecule has 11 rings (SSSR count). The third kappa shape index (κ3) is 4.88. The van der Waals surface area contributed by atoms with Crippen molar-refractivity contribution < 1.29 is 4.42 Å². The van der Waals surface area contributed by atoms with E-state index in [1.807, 2.05) is 24.3 Å². The molecule has 0 unspecified atom stereocenters. The zero-order chi connectivity index (χ0) is 34.9. The maximum absolute atomic E-state index is 6.89. The molecule has 0 N–H and O–H groups in total. The van der Waals surface area contributed by atoms with Gasteiger partial charge in [-0.3, -0.25) is 0 Å². The number of hydrogen-bond acceptors (Lipinski definition) is 4. The molecule has 2 heterocycles. The predicted molar refractivity (Wildman–Crippen MR) is 219 cm³/mol. The lowest BCUT2D eigenvalue weighted by Crippen LogP contribution is -2.00. The highest BCUT2D eigenvalue weighted by Crippen LogP contribution is 2.44. The van der Waals surface area contributed by atoms with Crippen molar-refractivity contribution in [1.82, 2.24) is 15.0 Å². The van der Waals surface area contributed by atoms with Crippen LogP contribution in [0.5, 0.6) is 0 Å². The van der Waals surface area contributed by atoms with Gasteiger partial charge in [0.25, 0.3) is 0 Å². The molecular formula is C49H29N3O. The topological polar surface area (TPSA) is 51.8 Å². The van der Waals surface area contributed by atoms with E-state index in [0.29, 0.717) is 17.5 Å². The number of aromatic nitrogens is 3. The van der Waals surface area contributed by atoms with E-state index in [1.54, 1.807) is 0 Å². The SMILES string of the molecule is c1ccc(-c2ccc3cc(-c4nc(-c5ccccc5)nc(-c5cc6ccc7ccccc7c6c6oc7cc8ccccc8cc7c56)n4)ccc3c2)cc1. The van der Waals surface area contributed by atoms with Gasteiger partial charge in [-0.05, 0) is 79.2 Å². The van der Waals surface area contributed by atoms with Crippen molar-refractivity contribution in [2.45, 2.75) is 0 Å². The number of furan rings is 1. The Morgan fingerprint density at radius 2 is 0.868 bits per heavy atom. The third-order valence-corrected chi connectivity index (χ3v) is 10.4. The number of fused-ring (bicyclic) bond motifs is 9. The van der Waals surface area contributed by atoms with Crippen LogP contribution < -0.4 is 0 Å². The summed E-state index contributed by atoms with van der Waals surface area (Å²) in [7, 11) is 0. The predicted octanol–water partition coefficient (Wildman–Crippen LogP) is 13.1. The van der Waals surface area contributed by atoms with E-state index >= 15 is 0 Å². The van der Waals surface area contributed by atoms with Gasteiger partial charge in [0.15, 0.2) is 17.5 Å². The molecule has 0 aliphatic carbocycles. The van der Waals surface area contributed by atoms with Gasteiger partial charge in [0.05, 0.1) is 0 Å². The Balaban J connectivity index is 1.19. The van der Waals surface area contributed by atoms with Gasteiger partial charge in [0, 0.05) is 32.8 Å². The number of hydrogen-bond donors (Lipinski definition) is 0. The average molecular weight is 676 g/mol. The Bertz CT molecular complexity index is 3220. The fourth-order valence-corrected chi connectivity index (χ4v) is 7.83. The van der Waals surface area contributed by atoms with Crippen molar-refractivity contribution in [1.29, 1.82) is 0 Å². The highest BCUT2D eigenvalue weighted by molar-refractivity contribution is 6.27. The van der Waals surface area contributed by atoms with Crippen LogP contribution in [0.25, 0.3) is 110 Å². The molecular weight excluding hydrogens is 647 g/mol. The maximum Gasteiger partial charge on any atom is 0.164 e.